The Morgan fingerprint density at radius 2 is 1.97 bits per heavy atom. The van der Waals surface area contributed by atoms with Crippen LogP contribution in [0, 0.1) is 12.3 Å². The summed E-state index contributed by atoms with van der Waals surface area (Å²) in [6.07, 6.45) is 8.99. The molecule has 8 heteroatoms. The van der Waals surface area contributed by atoms with Crippen LogP contribution in [0.5, 0.6) is 0 Å². The largest absolute Gasteiger partial charge is 0.396 e. The fraction of sp³-hybridized carbons (Fsp3) is 0.304. The highest BCUT2D eigenvalue weighted by molar-refractivity contribution is 7.94. The maximum absolute atomic E-state index is 13.0. The Morgan fingerprint density at radius 1 is 1.19 bits per heavy atom. The number of thiophene rings is 1. The SMILES string of the molecule is C#CCCC(CC)S(=O)(=O)c1ccc(-c2ccnc(Nc3ccc(CCO)cc3)n2)s1. The molecule has 6 nitrogen and oxygen atoms in total. The quantitative estimate of drug-likeness (QED) is 0.439. The van der Waals surface area contributed by atoms with Crippen molar-refractivity contribution in [2.75, 3.05) is 11.9 Å². The molecule has 1 aromatic carbocycles. The van der Waals surface area contributed by atoms with E-state index in [-0.39, 0.29) is 6.61 Å². The normalized spacial score (nSPS) is 12.3. The molecule has 0 aliphatic carbocycles. The van der Waals surface area contributed by atoms with Gasteiger partial charge in [-0.2, -0.15) is 0 Å². The molecule has 2 heterocycles. The molecule has 0 aliphatic rings. The van der Waals surface area contributed by atoms with Gasteiger partial charge in [0.25, 0.3) is 0 Å². The van der Waals surface area contributed by atoms with Gasteiger partial charge in [0.15, 0.2) is 9.84 Å². The van der Waals surface area contributed by atoms with E-state index in [0.29, 0.717) is 41.5 Å². The second-order valence-electron chi connectivity index (χ2n) is 7.00. The van der Waals surface area contributed by atoms with Gasteiger partial charge in [0.05, 0.1) is 15.8 Å². The van der Waals surface area contributed by atoms with Crippen molar-refractivity contribution in [3.05, 3.63) is 54.2 Å². The third-order valence-electron chi connectivity index (χ3n) is 4.89. The molecule has 0 aliphatic heterocycles. The highest BCUT2D eigenvalue weighted by atomic mass is 32.2. The fourth-order valence-corrected chi connectivity index (χ4v) is 6.47. The number of hydrogen-bond acceptors (Lipinski definition) is 7. The van der Waals surface area contributed by atoms with Gasteiger partial charge < -0.3 is 10.4 Å². The van der Waals surface area contributed by atoms with E-state index in [0.717, 1.165) is 16.1 Å². The summed E-state index contributed by atoms with van der Waals surface area (Å²) in [4.78, 5) is 9.55. The van der Waals surface area contributed by atoms with Gasteiger partial charge >= 0.3 is 0 Å². The smallest absolute Gasteiger partial charge is 0.227 e. The molecule has 1 unspecified atom stereocenters. The molecule has 0 fully saturated rings. The summed E-state index contributed by atoms with van der Waals surface area (Å²) >= 11 is 1.21. The number of rotatable bonds is 10. The van der Waals surface area contributed by atoms with Crippen LogP contribution < -0.4 is 5.32 Å². The maximum Gasteiger partial charge on any atom is 0.227 e. The van der Waals surface area contributed by atoms with E-state index in [2.05, 4.69) is 21.2 Å². The highest BCUT2D eigenvalue weighted by Gasteiger charge is 2.27. The average molecular weight is 456 g/mol. The third-order valence-corrected chi connectivity index (χ3v) is 8.88. The number of nitrogens with zero attached hydrogens (tertiary/aromatic N) is 2. The molecular formula is C23H25N3O3S2. The first kappa shape index (κ1) is 22.9. The van der Waals surface area contributed by atoms with Crippen LogP contribution in [0.3, 0.4) is 0 Å². The number of sulfone groups is 1. The summed E-state index contributed by atoms with van der Waals surface area (Å²) in [5.74, 6) is 2.95. The minimum Gasteiger partial charge on any atom is -0.396 e. The third kappa shape index (κ3) is 5.70. The average Bonchev–Trinajstić information content (AvgIpc) is 3.27. The number of benzene rings is 1. The Balaban J connectivity index is 1.79. The van der Waals surface area contributed by atoms with Crippen LogP contribution in [0.25, 0.3) is 10.6 Å². The predicted molar refractivity (Wildman–Crippen MR) is 125 cm³/mol. The van der Waals surface area contributed by atoms with Crippen molar-refractivity contribution in [1.82, 2.24) is 9.97 Å². The molecule has 1 atom stereocenters. The molecule has 162 valence electrons. The minimum absolute atomic E-state index is 0.110. The van der Waals surface area contributed by atoms with Crippen molar-refractivity contribution in [3.63, 3.8) is 0 Å². The van der Waals surface area contributed by atoms with E-state index in [1.165, 1.54) is 11.3 Å². The van der Waals surface area contributed by atoms with Gasteiger partial charge in [-0.1, -0.05) is 19.1 Å². The molecule has 0 bridgehead atoms. The first-order chi connectivity index (χ1) is 15.0. The molecule has 3 aromatic rings. The van der Waals surface area contributed by atoms with Crippen LogP contribution in [0.15, 0.2) is 52.9 Å². The number of aromatic nitrogens is 2. The summed E-state index contributed by atoms with van der Waals surface area (Å²) in [5, 5.41) is 11.7. The van der Waals surface area contributed by atoms with Gasteiger partial charge in [-0.05, 0) is 55.2 Å². The van der Waals surface area contributed by atoms with E-state index in [1.54, 1.807) is 24.4 Å². The summed E-state index contributed by atoms with van der Waals surface area (Å²) in [7, 11) is -3.43. The van der Waals surface area contributed by atoms with Crippen LogP contribution >= 0.6 is 11.3 Å². The lowest BCUT2D eigenvalue weighted by Gasteiger charge is -2.13. The molecule has 0 radical (unpaired) electrons. The second kappa shape index (κ2) is 10.5. The van der Waals surface area contributed by atoms with Crippen molar-refractivity contribution in [1.29, 1.82) is 0 Å². The lowest BCUT2D eigenvalue weighted by molar-refractivity contribution is 0.299. The lowest BCUT2D eigenvalue weighted by Crippen LogP contribution is -2.19. The van der Waals surface area contributed by atoms with Crippen molar-refractivity contribution in [2.24, 2.45) is 0 Å². The van der Waals surface area contributed by atoms with Crippen molar-refractivity contribution in [2.45, 2.75) is 42.1 Å². The van der Waals surface area contributed by atoms with Gasteiger partial charge in [0.2, 0.25) is 5.95 Å². The van der Waals surface area contributed by atoms with E-state index >= 15 is 0 Å². The van der Waals surface area contributed by atoms with E-state index < -0.39 is 15.1 Å². The van der Waals surface area contributed by atoms with E-state index in [9.17, 15) is 8.42 Å². The number of nitrogens with one attached hydrogen (secondary N) is 1. The van der Waals surface area contributed by atoms with Crippen LogP contribution in [-0.2, 0) is 16.3 Å². The molecule has 0 amide bonds. The van der Waals surface area contributed by atoms with Crippen molar-refractivity contribution in [3.8, 4) is 22.9 Å². The topological polar surface area (TPSA) is 92.2 Å². The van der Waals surface area contributed by atoms with Gasteiger partial charge in [0.1, 0.15) is 4.21 Å². The van der Waals surface area contributed by atoms with Gasteiger partial charge in [0, 0.05) is 24.9 Å². The second-order valence-corrected chi connectivity index (χ2v) is 10.5. The predicted octanol–water partition coefficient (Wildman–Crippen LogP) is 4.45. The number of anilines is 2. The molecule has 0 saturated carbocycles. The standard InChI is InChI=1S/C23H25N3O3S2/c1-3-5-6-19(4-2)31(28,29)22-12-11-21(30-22)20-13-15-24-23(26-20)25-18-9-7-17(8-10-18)14-16-27/h1,7-13,15,19,27H,4-6,14,16H2,2H3,(H,24,25,26). The Hall–Kier alpha value is -2.73. The molecular weight excluding hydrogens is 430 g/mol. The van der Waals surface area contributed by atoms with E-state index in [4.69, 9.17) is 11.5 Å². The fourth-order valence-electron chi connectivity index (χ4n) is 3.17. The zero-order valence-corrected chi connectivity index (χ0v) is 18.9. The van der Waals surface area contributed by atoms with Gasteiger partial charge in [-0.25, -0.2) is 18.4 Å². The van der Waals surface area contributed by atoms with Crippen LogP contribution in [0.4, 0.5) is 11.6 Å². The monoisotopic (exact) mass is 455 g/mol. The number of aliphatic hydroxyl groups is 1. The molecule has 31 heavy (non-hydrogen) atoms. The molecule has 3 rings (SSSR count). The molecule has 2 N–H and O–H groups in total. The van der Waals surface area contributed by atoms with Crippen molar-refractivity contribution < 1.29 is 13.5 Å². The Bertz CT molecular complexity index is 1150. The van der Waals surface area contributed by atoms with E-state index in [1.807, 2.05) is 31.2 Å². The Labute approximate surface area is 187 Å². The molecule has 2 aromatic heterocycles. The lowest BCUT2D eigenvalue weighted by atomic mass is 10.1. The molecule has 0 spiro atoms. The summed E-state index contributed by atoms with van der Waals surface area (Å²) < 4.78 is 26.3. The van der Waals surface area contributed by atoms with Crippen LogP contribution in [0.1, 0.15) is 31.7 Å². The molecule has 0 saturated heterocycles. The van der Waals surface area contributed by atoms with Crippen LogP contribution in [0.2, 0.25) is 0 Å². The summed E-state index contributed by atoms with van der Waals surface area (Å²) in [6, 6.07) is 12.8. The summed E-state index contributed by atoms with van der Waals surface area (Å²) in [6.45, 7) is 1.98. The zero-order valence-electron chi connectivity index (χ0n) is 17.3. The number of hydrogen-bond donors (Lipinski definition) is 2. The highest BCUT2D eigenvalue weighted by Crippen LogP contribution is 2.33. The number of terminal acetylenes is 1. The minimum atomic E-state index is -3.43. The first-order valence-electron chi connectivity index (χ1n) is 10.1. The zero-order chi connectivity index (χ0) is 22.3. The Morgan fingerprint density at radius 3 is 2.65 bits per heavy atom. The van der Waals surface area contributed by atoms with Crippen LogP contribution in [-0.4, -0.2) is 35.3 Å². The van der Waals surface area contributed by atoms with Crippen molar-refractivity contribution >= 4 is 32.8 Å². The Kier molecular flexibility index (Phi) is 7.80. The maximum atomic E-state index is 13.0. The summed E-state index contributed by atoms with van der Waals surface area (Å²) in [5.41, 5.74) is 2.52. The number of aliphatic hydroxyl groups excluding tert-OH is 1. The van der Waals surface area contributed by atoms with Gasteiger partial charge in [-0.3, -0.25) is 0 Å². The first-order valence-corrected chi connectivity index (χ1v) is 12.4. The van der Waals surface area contributed by atoms with Gasteiger partial charge in [-0.15, -0.1) is 23.7 Å².